The Morgan fingerprint density at radius 2 is 1.29 bits per heavy atom. The Kier molecular flexibility index (Phi) is 14.0. The third-order valence-corrected chi connectivity index (χ3v) is 10.0. The molecule has 0 bridgehead atoms. The summed E-state index contributed by atoms with van der Waals surface area (Å²) in [4.78, 5) is 24.9. The van der Waals surface area contributed by atoms with E-state index in [2.05, 4.69) is 118 Å². The van der Waals surface area contributed by atoms with Crippen molar-refractivity contribution < 1.29 is 19.4 Å². The molecule has 52 heavy (non-hydrogen) atoms. The summed E-state index contributed by atoms with van der Waals surface area (Å²) in [7, 11) is 3.29. The molecule has 0 saturated carbocycles. The topological polar surface area (TPSA) is 173 Å². The fraction of sp³-hybridized carbons (Fsp3) is 0.512. The highest BCUT2D eigenvalue weighted by atomic mass is 16.6. The van der Waals surface area contributed by atoms with Crippen LogP contribution in [0.3, 0.4) is 0 Å². The van der Waals surface area contributed by atoms with Crippen molar-refractivity contribution in [3.05, 3.63) is 108 Å². The number of likely N-dealkylation sites (N-methyl/N-ethyl adjacent to an activating group) is 2. The quantitative estimate of drug-likeness (QED) is 0.131. The van der Waals surface area contributed by atoms with E-state index in [1.165, 1.54) is 16.7 Å². The molecule has 7 unspecified atom stereocenters. The first-order valence-corrected chi connectivity index (χ1v) is 18.7. The predicted molar refractivity (Wildman–Crippen MR) is 205 cm³/mol. The molecule has 4 heterocycles. The molecule has 4 aliphatic rings. The normalized spacial score (nSPS) is 29.0. The number of carbonyl (C=O) groups excluding carboxylic acids is 2. The number of ether oxygens (including phenoxy) is 1. The van der Waals surface area contributed by atoms with E-state index in [1.807, 2.05) is 32.0 Å². The molecule has 0 aromatic heterocycles. The van der Waals surface area contributed by atoms with E-state index >= 15 is 0 Å². The molecular weight excluding hydrogens is 654 g/mol. The zero-order chi connectivity index (χ0) is 37.4. The molecule has 3 aromatic rings. The van der Waals surface area contributed by atoms with Crippen LogP contribution >= 0.6 is 0 Å². The van der Waals surface area contributed by atoms with E-state index < -0.39 is 6.29 Å². The summed E-state index contributed by atoms with van der Waals surface area (Å²) in [5.74, 6) is 0.985. The van der Waals surface area contributed by atoms with Crippen LogP contribution in [0.2, 0.25) is 0 Å². The average Bonchev–Trinajstić information content (AvgIpc) is 4.08. The van der Waals surface area contributed by atoms with Gasteiger partial charge in [0.25, 0.3) is 0 Å². The zero-order valence-electron chi connectivity index (χ0n) is 31.4. The first kappa shape index (κ1) is 39.5. The van der Waals surface area contributed by atoms with Crippen molar-refractivity contribution in [2.45, 2.75) is 101 Å². The third-order valence-electron chi connectivity index (χ3n) is 10.0. The Morgan fingerprint density at radius 1 is 0.769 bits per heavy atom. The van der Waals surface area contributed by atoms with E-state index in [4.69, 9.17) is 10.5 Å². The van der Waals surface area contributed by atoms with Crippen LogP contribution in [0.15, 0.2) is 91.0 Å². The van der Waals surface area contributed by atoms with Gasteiger partial charge in [-0.3, -0.25) is 14.5 Å². The van der Waals surface area contributed by atoms with Gasteiger partial charge in [0.2, 0.25) is 11.8 Å². The molecule has 11 nitrogen and oxygen atoms in total. The number of nitrogens with one attached hydrogen (secondary N) is 5. The van der Waals surface area contributed by atoms with Crippen LogP contribution in [0.5, 0.6) is 0 Å². The third kappa shape index (κ3) is 10.5. The second kappa shape index (κ2) is 18.4. The molecule has 11 atom stereocenters. The molecule has 0 radical (unpaired) electrons. The predicted octanol–water partition coefficient (Wildman–Crippen LogP) is 3.36. The second-order valence-electron chi connectivity index (χ2n) is 15.0. The molecule has 8 N–H and O–H groups in total. The van der Waals surface area contributed by atoms with Crippen LogP contribution in [0.1, 0.15) is 75.4 Å². The van der Waals surface area contributed by atoms with E-state index in [9.17, 15) is 14.7 Å². The minimum Gasteiger partial charge on any atom is -0.366 e. The van der Waals surface area contributed by atoms with Crippen LogP contribution in [-0.4, -0.2) is 85.2 Å². The minimum atomic E-state index is -0.686. The van der Waals surface area contributed by atoms with E-state index in [1.54, 1.807) is 14.1 Å². The highest BCUT2D eigenvalue weighted by molar-refractivity contribution is 5.81. The summed E-state index contributed by atoms with van der Waals surface area (Å²) in [6.45, 7) is 9.19. The summed E-state index contributed by atoms with van der Waals surface area (Å²) in [6.07, 6.45) is 0.881. The lowest BCUT2D eigenvalue weighted by molar-refractivity contribution is -0.123. The van der Waals surface area contributed by atoms with Crippen molar-refractivity contribution in [3.8, 4) is 0 Å². The highest BCUT2D eigenvalue weighted by Crippen LogP contribution is 2.55. The smallest absolute Gasteiger partial charge is 0.236 e. The molecule has 4 saturated heterocycles. The molecule has 11 heteroatoms. The molecule has 0 aliphatic carbocycles. The lowest BCUT2D eigenvalue weighted by Crippen LogP contribution is -2.45. The van der Waals surface area contributed by atoms with Crippen molar-refractivity contribution in [3.63, 3.8) is 0 Å². The van der Waals surface area contributed by atoms with Crippen molar-refractivity contribution in [1.29, 1.82) is 0 Å². The first-order valence-electron chi connectivity index (χ1n) is 18.7. The van der Waals surface area contributed by atoms with Gasteiger partial charge in [-0.1, -0.05) is 119 Å². The minimum absolute atomic E-state index is 0.0459. The van der Waals surface area contributed by atoms with Crippen LogP contribution in [0.25, 0.3) is 0 Å². The van der Waals surface area contributed by atoms with E-state index in [0.717, 1.165) is 19.4 Å². The van der Waals surface area contributed by atoms with Gasteiger partial charge in [0, 0.05) is 32.7 Å². The molecule has 7 rings (SSSR count). The maximum Gasteiger partial charge on any atom is 0.236 e. The monoisotopic (exact) mass is 713 g/mol. The lowest BCUT2D eigenvalue weighted by atomic mass is 10.0. The van der Waals surface area contributed by atoms with Crippen LogP contribution in [0.4, 0.5) is 0 Å². The van der Waals surface area contributed by atoms with Gasteiger partial charge in [-0.2, -0.15) is 0 Å². The molecule has 3 aromatic carbocycles. The number of hydrogen-bond acceptors (Lipinski definition) is 9. The Balaban J connectivity index is 0.000000162. The van der Waals surface area contributed by atoms with Gasteiger partial charge >= 0.3 is 0 Å². The highest BCUT2D eigenvalue weighted by Gasteiger charge is 2.67. The first-order chi connectivity index (χ1) is 25.0. The fourth-order valence-corrected chi connectivity index (χ4v) is 7.18. The maximum absolute atomic E-state index is 11.8. The SMILES string of the molecule is CNC(=O)[C@@H](N)CC(C)C.CNC(=O)[C@H](CC(C)C)NCC1NC1c1ccccc1.O[C@@H]1OC([C@H]2NC2c2ccccc2)N2C(c3ccccc3)C12. The van der Waals surface area contributed by atoms with Crippen molar-refractivity contribution in [2.75, 3.05) is 20.6 Å². The number of nitrogens with two attached hydrogens (primary N) is 1. The summed E-state index contributed by atoms with van der Waals surface area (Å²) >= 11 is 0. The molecule has 4 aliphatic heterocycles. The lowest BCUT2D eigenvalue weighted by Gasteiger charge is -2.18. The molecule has 2 amide bonds. The largest absolute Gasteiger partial charge is 0.366 e. The van der Waals surface area contributed by atoms with Gasteiger partial charge in [-0.15, -0.1) is 0 Å². The standard InChI is InChI=1S/C18H18N2O2.C16H25N3O.C7H16N2O/c21-18-16-15(12-9-5-2-6-10-12)20(16)17(22-18)14-13(19-14)11-7-3-1-4-8-11;1-11(2)9-13(16(20)17-3)18-10-14-15(19-14)12-7-5-4-6-8-12;1-5(2)4-6(8)7(10)9-3/h1-10,13-19,21H;4-8,11,13-15,18-19H,9-10H2,1-3H3,(H,17,20);5-6H,4,8H2,1-3H3,(H,9,10)/t13?,14-,15?,16?,17?,18+,20?;13-,14?,15?;6-/m000/s1. The summed E-state index contributed by atoms with van der Waals surface area (Å²) < 4.78 is 5.77. The molecule has 4 fully saturated rings. The number of fused-ring (bicyclic) bond motifs is 1. The number of carbonyl (C=O) groups is 2. The Morgan fingerprint density at radius 3 is 1.81 bits per heavy atom. The van der Waals surface area contributed by atoms with Crippen LogP contribution in [-0.2, 0) is 14.3 Å². The van der Waals surface area contributed by atoms with Crippen LogP contribution in [0, 0.1) is 11.8 Å². The Labute approximate surface area is 309 Å². The number of aliphatic hydroxyl groups is 1. The van der Waals surface area contributed by atoms with Gasteiger partial charge in [0.15, 0.2) is 6.29 Å². The molecule has 0 spiro atoms. The van der Waals surface area contributed by atoms with Gasteiger partial charge in [0.05, 0.1) is 36.3 Å². The summed E-state index contributed by atoms with van der Waals surface area (Å²) in [5, 5.41) is 25.8. The number of benzene rings is 3. The van der Waals surface area contributed by atoms with Crippen molar-refractivity contribution in [2.24, 2.45) is 17.6 Å². The summed E-state index contributed by atoms with van der Waals surface area (Å²) in [5.41, 5.74) is 9.38. The zero-order valence-corrected chi connectivity index (χ0v) is 31.4. The number of hydrogen-bond donors (Lipinski definition) is 7. The molecular formula is C41H59N7O4. The fourth-order valence-electron chi connectivity index (χ4n) is 7.18. The number of nitrogens with zero attached hydrogens (tertiary/aromatic N) is 1. The van der Waals surface area contributed by atoms with Crippen molar-refractivity contribution in [1.82, 2.24) is 31.5 Å². The second-order valence-corrected chi connectivity index (χ2v) is 15.0. The van der Waals surface area contributed by atoms with E-state index in [0.29, 0.717) is 30.0 Å². The number of aliphatic hydroxyl groups excluding tert-OH is 1. The molecule has 282 valence electrons. The van der Waals surface area contributed by atoms with Gasteiger partial charge < -0.3 is 42.2 Å². The Bertz CT molecular complexity index is 1550. The average molecular weight is 714 g/mol. The summed E-state index contributed by atoms with van der Waals surface area (Å²) in [6, 6.07) is 32.6. The maximum atomic E-state index is 11.8. The number of rotatable bonds is 13. The van der Waals surface area contributed by atoms with Crippen LogP contribution < -0.4 is 32.3 Å². The van der Waals surface area contributed by atoms with Gasteiger partial charge in [-0.05, 0) is 41.4 Å². The van der Waals surface area contributed by atoms with Crippen molar-refractivity contribution >= 4 is 11.8 Å². The number of amides is 2. The Hall–Kier alpha value is -3.68. The van der Waals surface area contributed by atoms with Gasteiger partial charge in [-0.25, -0.2) is 0 Å². The van der Waals surface area contributed by atoms with E-state index in [-0.39, 0.29) is 48.3 Å². The van der Waals surface area contributed by atoms with Gasteiger partial charge in [0.1, 0.15) is 6.23 Å².